The Kier molecular flexibility index (Phi) is 9.70. The molecule has 0 radical (unpaired) electrons. The van der Waals surface area contributed by atoms with Gasteiger partial charge < -0.3 is 35.0 Å². The Bertz CT molecular complexity index is 855. The van der Waals surface area contributed by atoms with Crippen LogP contribution in [-0.4, -0.2) is 77.0 Å². The summed E-state index contributed by atoms with van der Waals surface area (Å²) in [5.41, 5.74) is 0.532. The molecule has 6 atom stereocenters. The van der Waals surface area contributed by atoms with Crippen molar-refractivity contribution in [2.75, 3.05) is 18.1 Å². The number of hydrogen-bond acceptors (Lipinski definition) is 7. The van der Waals surface area contributed by atoms with E-state index in [1.165, 1.54) is 17.4 Å². The average molecular weight is 499 g/mol. The van der Waals surface area contributed by atoms with Crippen LogP contribution in [0.5, 0.6) is 0 Å². The molecular weight excluding hydrogens is 464 g/mol. The Labute approximate surface area is 205 Å². The van der Waals surface area contributed by atoms with Crippen LogP contribution in [-0.2, 0) is 14.3 Å². The van der Waals surface area contributed by atoms with Crippen molar-refractivity contribution >= 4 is 29.1 Å². The quantitative estimate of drug-likeness (QED) is 0.363. The zero-order valence-corrected chi connectivity index (χ0v) is 20.4. The van der Waals surface area contributed by atoms with Crippen molar-refractivity contribution in [2.24, 2.45) is 0 Å². The zero-order chi connectivity index (χ0) is 24.8. The van der Waals surface area contributed by atoms with E-state index in [9.17, 15) is 24.9 Å². The van der Waals surface area contributed by atoms with Gasteiger partial charge in [-0.2, -0.15) is 0 Å². The van der Waals surface area contributed by atoms with Crippen LogP contribution in [0, 0.1) is 0 Å². The molecule has 2 unspecified atom stereocenters. The van der Waals surface area contributed by atoms with Gasteiger partial charge in [-0.1, -0.05) is 50.6 Å². The second-order valence-corrected chi connectivity index (χ2v) is 9.39. The molecule has 2 aliphatic rings. The number of unbranched alkanes of at least 4 members (excludes halogenated alkanes) is 5. The molecule has 3 rings (SSSR count). The molecule has 190 valence electrons. The fraction of sp³-hybridized carbons (Fsp3) is 0.667. The van der Waals surface area contributed by atoms with E-state index >= 15 is 0 Å². The van der Waals surface area contributed by atoms with Gasteiger partial charge >= 0.3 is 0 Å². The van der Waals surface area contributed by atoms with Crippen molar-refractivity contribution in [2.45, 2.75) is 89.1 Å². The van der Waals surface area contributed by atoms with Crippen LogP contribution in [0.4, 0.5) is 5.69 Å². The number of nitrogens with zero attached hydrogens (tertiary/aromatic N) is 1. The van der Waals surface area contributed by atoms with Gasteiger partial charge in [-0.25, -0.2) is 0 Å². The maximum Gasteiger partial charge on any atom is 0.254 e. The van der Waals surface area contributed by atoms with E-state index < -0.39 is 48.6 Å². The molecule has 1 saturated heterocycles. The molecule has 10 heteroatoms. The topological polar surface area (TPSA) is 129 Å². The van der Waals surface area contributed by atoms with Gasteiger partial charge in [0.05, 0.1) is 17.8 Å². The number of rotatable bonds is 10. The molecule has 1 aromatic rings. The molecule has 2 heterocycles. The van der Waals surface area contributed by atoms with E-state index in [1.807, 2.05) is 0 Å². The molecular formula is C24H35ClN2O7. The minimum absolute atomic E-state index is 0.158. The van der Waals surface area contributed by atoms with Gasteiger partial charge in [-0.15, -0.1) is 0 Å². The number of fused-ring (bicyclic) bond motifs is 1. The van der Waals surface area contributed by atoms with E-state index in [2.05, 4.69) is 12.2 Å². The molecule has 0 aromatic heterocycles. The predicted molar refractivity (Wildman–Crippen MR) is 127 cm³/mol. The minimum atomic E-state index is -1.59. The van der Waals surface area contributed by atoms with Crippen molar-refractivity contribution in [3.8, 4) is 0 Å². The lowest BCUT2D eigenvalue weighted by Crippen LogP contribution is -2.61. The molecule has 34 heavy (non-hydrogen) atoms. The summed E-state index contributed by atoms with van der Waals surface area (Å²) in [6.07, 6.45) is -0.108. The van der Waals surface area contributed by atoms with Crippen molar-refractivity contribution in [3.05, 3.63) is 28.8 Å². The number of benzene rings is 1. The van der Waals surface area contributed by atoms with Crippen LogP contribution in [0.1, 0.15) is 62.7 Å². The summed E-state index contributed by atoms with van der Waals surface area (Å²) in [6.45, 7) is 3.88. The number of aliphatic hydroxyl groups excluding tert-OH is 3. The lowest BCUT2D eigenvalue weighted by atomic mass is 9.97. The standard InChI is InChI=1S/C24H35ClN2O7/c1-3-4-5-6-7-8-11-33-21-19(28)18(34-24(32)20(21)29)13-27-17-10-9-15(25)12-16(17)22(30)26-14(2)23(27)31/h9-10,12,14,18-21,24,28-29,32H,3-8,11,13H2,1-2H3,(H,26,30)/t14?,18-,19-,20-,21+,24?/m1/s1. The highest BCUT2D eigenvalue weighted by molar-refractivity contribution is 6.31. The molecule has 0 aliphatic carbocycles. The number of nitrogens with one attached hydrogen (secondary N) is 1. The molecule has 1 fully saturated rings. The van der Waals surface area contributed by atoms with E-state index in [0.29, 0.717) is 17.3 Å². The Morgan fingerprint density at radius 1 is 1.09 bits per heavy atom. The summed E-state index contributed by atoms with van der Waals surface area (Å²) in [4.78, 5) is 27.0. The molecule has 0 bridgehead atoms. The Hall–Kier alpha value is -1.75. The molecule has 2 aliphatic heterocycles. The number of halogens is 1. The largest absolute Gasteiger partial charge is 0.388 e. The van der Waals surface area contributed by atoms with Crippen LogP contribution >= 0.6 is 11.6 Å². The number of amides is 2. The second-order valence-electron chi connectivity index (χ2n) is 8.95. The summed E-state index contributed by atoms with van der Waals surface area (Å²) in [6, 6.07) is 3.76. The molecule has 9 nitrogen and oxygen atoms in total. The van der Waals surface area contributed by atoms with Crippen LogP contribution in [0.2, 0.25) is 5.02 Å². The van der Waals surface area contributed by atoms with E-state index in [-0.39, 0.29) is 12.1 Å². The Morgan fingerprint density at radius 3 is 2.53 bits per heavy atom. The predicted octanol–water partition coefficient (Wildman–Crippen LogP) is 1.99. The normalized spacial score (nSPS) is 29.5. The van der Waals surface area contributed by atoms with Gasteiger partial charge in [-0.05, 0) is 31.5 Å². The highest BCUT2D eigenvalue weighted by atomic mass is 35.5. The van der Waals surface area contributed by atoms with E-state index in [1.54, 1.807) is 19.1 Å². The third-order valence-electron chi connectivity index (χ3n) is 6.31. The first-order valence-corrected chi connectivity index (χ1v) is 12.4. The first kappa shape index (κ1) is 26.8. The number of anilines is 1. The van der Waals surface area contributed by atoms with Crippen molar-refractivity contribution in [1.82, 2.24) is 5.32 Å². The Morgan fingerprint density at radius 2 is 1.79 bits per heavy atom. The van der Waals surface area contributed by atoms with E-state index in [0.717, 1.165) is 32.1 Å². The number of carbonyl (C=O) groups excluding carboxylic acids is 2. The van der Waals surface area contributed by atoms with Crippen LogP contribution in [0.3, 0.4) is 0 Å². The maximum atomic E-state index is 13.1. The van der Waals surface area contributed by atoms with Crippen molar-refractivity contribution in [1.29, 1.82) is 0 Å². The smallest absolute Gasteiger partial charge is 0.254 e. The molecule has 0 spiro atoms. The molecule has 1 aromatic carbocycles. The summed E-state index contributed by atoms with van der Waals surface area (Å²) >= 11 is 6.06. The highest BCUT2D eigenvalue weighted by Gasteiger charge is 2.46. The Balaban J connectivity index is 1.71. The number of hydrogen-bond donors (Lipinski definition) is 4. The molecule has 0 saturated carbocycles. The summed E-state index contributed by atoms with van der Waals surface area (Å²) < 4.78 is 11.2. The minimum Gasteiger partial charge on any atom is -0.388 e. The second kappa shape index (κ2) is 12.3. The van der Waals surface area contributed by atoms with E-state index in [4.69, 9.17) is 21.1 Å². The number of aliphatic hydroxyl groups is 3. The summed E-state index contributed by atoms with van der Waals surface area (Å²) in [5.74, 6) is -0.850. The van der Waals surface area contributed by atoms with Crippen LogP contribution in [0.15, 0.2) is 18.2 Å². The van der Waals surface area contributed by atoms with Crippen molar-refractivity contribution < 1.29 is 34.4 Å². The summed E-state index contributed by atoms with van der Waals surface area (Å²) in [5, 5.41) is 34.5. The summed E-state index contributed by atoms with van der Waals surface area (Å²) in [7, 11) is 0. The zero-order valence-electron chi connectivity index (χ0n) is 19.7. The monoisotopic (exact) mass is 498 g/mol. The third kappa shape index (κ3) is 6.27. The SMILES string of the molecule is CCCCCCCCO[C@H]1[C@H](O)[C@@H](CN2C(=O)C(C)NC(=O)c3cc(Cl)ccc32)OC(O)[C@@H]1O. The third-order valence-corrected chi connectivity index (χ3v) is 6.54. The number of carbonyl (C=O) groups is 2. The van der Waals surface area contributed by atoms with Crippen LogP contribution < -0.4 is 10.2 Å². The van der Waals surface area contributed by atoms with Gasteiger partial charge in [0.2, 0.25) is 5.91 Å². The fourth-order valence-corrected chi connectivity index (χ4v) is 4.52. The van der Waals surface area contributed by atoms with Gasteiger partial charge in [0.25, 0.3) is 5.91 Å². The fourth-order valence-electron chi connectivity index (χ4n) is 4.35. The first-order chi connectivity index (χ1) is 16.2. The van der Waals surface area contributed by atoms with Crippen LogP contribution in [0.25, 0.3) is 0 Å². The lowest BCUT2D eigenvalue weighted by Gasteiger charge is -2.42. The molecule has 4 N–H and O–H groups in total. The average Bonchev–Trinajstić information content (AvgIpc) is 2.89. The first-order valence-electron chi connectivity index (χ1n) is 12.0. The maximum absolute atomic E-state index is 13.1. The van der Waals surface area contributed by atoms with Crippen molar-refractivity contribution in [3.63, 3.8) is 0 Å². The lowest BCUT2D eigenvalue weighted by molar-refractivity contribution is -0.287. The van der Waals surface area contributed by atoms with Gasteiger partial charge in [0.1, 0.15) is 30.5 Å². The number of ether oxygens (including phenoxy) is 2. The van der Waals surface area contributed by atoms with Gasteiger partial charge in [-0.3, -0.25) is 9.59 Å². The van der Waals surface area contributed by atoms with Gasteiger partial charge in [0.15, 0.2) is 6.29 Å². The van der Waals surface area contributed by atoms with Gasteiger partial charge in [0, 0.05) is 11.6 Å². The molecule has 2 amide bonds. The highest BCUT2D eigenvalue weighted by Crippen LogP contribution is 2.30.